The molecule has 0 aromatic heterocycles. The SMILES string of the molecule is O=C1[C@H](Cc2ccccc2)N2C(=O)CN(CF)N(C(=O)NCc3ccccc3)[C@H]2CN1Cc1ccc(CI)c(CI)c1. The van der Waals surface area contributed by atoms with Gasteiger partial charge in [0.1, 0.15) is 18.8 Å². The maximum absolute atomic E-state index is 14.4. The zero-order chi connectivity index (χ0) is 29.6. The summed E-state index contributed by atoms with van der Waals surface area (Å²) in [5.74, 6) is -0.562. The van der Waals surface area contributed by atoms with Gasteiger partial charge in [0.05, 0.1) is 6.54 Å². The second-order valence-electron chi connectivity index (χ2n) is 10.3. The van der Waals surface area contributed by atoms with E-state index in [4.69, 9.17) is 0 Å². The largest absolute Gasteiger partial charge is 0.334 e. The van der Waals surface area contributed by atoms with Crippen molar-refractivity contribution in [3.8, 4) is 0 Å². The van der Waals surface area contributed by atoms with Gasteiger partial charge in [-0.25, -0.2) is 14.2 Å². The Labute approximate surface area is 272 Å². The molecule has 0 bridgehead atoms. The molecule has 2 aliphatic heterocycles. The molecule has 3 aromatic rings. The number of carbonyl (C=O) groups excluding carboxylic acids is 3. The quantitative estimate of drug-likeness (QED) is 0.188. The summed E-state index contributed by atoms with van der Waals surface area (Å²) in [6.45, 7) is -0.707. The molecule has 2 fully saturated rings. The van der Waals surface area contributed by atoms with E-state index in [2.05, 4.69) is 62.6 Å². The highest BCUT2D eigenvalue weighted by atomic mass is 127. The number of hydrazine groups is 1. The van der Waals surface area contributed by atoms with Crippen LogP contribution in [0.4, 0.5) is 9.18 Å². The molecule has 1 N–H and O–H groups in total. The van der Waals surface area contributed by atoms with Crippen LogP contribution in [0.15, 0.2) is 78.9 Å². The van der Waals surface area contributed by atoms with E-state index in [0.29, 0.717) is 13.0 Å². The fraction of sp³-hybridized carbons (Fsp3) is 0.323. The Bertz CT molecular complexity index is 1410. The highest BCUT2D eigenvalue weighted by Gasteiger charge is 2.51. The topological polar surface area (TPSA) is 76.2 Å². The van der Waals surface area contributed by atoms with Crippen LogP contribution in [0, 0.1) is 0 Å². The van der Waals surface area contributed by atoms with Crippen molar-refractivity contribution in [2.45, 2.75) is 40.6 Å². The molecule has 42 heavy (non-hydrogen) atoms. The van der Waals surface area contributed by atoms with Gasteiger partial charge in [-0.15, -0.1) is 0 Å². The highest BCUT2D eigenvalue weighted by Crippen LogP contribution is 2.30. The molecule has 4 amide bonds. The third kappa shape index (κ3) is 6.72. The second kappa shape index (κ2) is 14.1. The average molecular weight is 795 g/mol. The molecule has 0 spiro atoms. The lowest BCUT2D eigenvalue weighted by Crippen LogP contribution is -2.76. The van der Waals surface area contributed by atoms with Gasteiger partial charge in [0.15, 0.2) is 6.80 Å². The normalized spacial score (nSPS) is 19.2. The molecule has 0 unspecified atom stereocenters. The van der Waals surface area contributed by atoms with Crippen molar-refractivity contribution < 1.29 is 18.8 Å². The van der Waals surface area contributed by atoms with Gasteiger partial charge in [-0.05, 0) is 27.8 Å². The summed E-state index contributed by atoms with van der Waals surface area (Å²) >= 11 is 4.69. The van der Waals surface area contributed by atoms with Crippen molar-refractivity contribution in [3.05, 3.63) is 107 Å². The summed E-state index contributed by atoms with van der Waals surface area (Å²) < 4.78 is 16.1. The monoisotopic (exact) mass is 795 g/mol. The van der Waals surface area contributed by atoms with Crippen molar-refractivity contribution in [3.63, 3.8) is 0 Å². The van der Waals surface area contributed by atoms with Crippen molar-refractivity contribution in [1.29, 1.82) is 0 Å². The lowest BCUT2D eigenvalue weighted by molar-refractivity contribution is -0.195. The number of carbonyl (C=O) groups is 3. The van der Waals surface area contributed by atoms with Crippen LogP contribution in [0.5, 0.6) is 0 Å². The van der Waals surface area contributed by atoms with Crippen molar-refractivity contribution in [2.75, 3.05) is 19.9 Å². The van der Waals surface area contributed by atoms with Gasteiger partial charge >= 0.3 is 6.03 Å². The molecule has 0 saturated carbocycles. The molecule has 2 atom stereocenters. The Balaban J connectivity index is 1.48. The number of piperazine rings is 1. The number of nitrogens with zero attached hydrogens (tertiary/aromatic N) is 4. The van der Waals surface area contributed by atoms with Crippen LogP contribution in [-0.4, -0.2) is 69.8 Å². The van der Waals surface area contributed by atoms with Gasteiger partial charge in [-0.2, -0.15) is 5.01 Å². The maximum atomic E-state index is 14.4. The van der Waals surface area contributed by atoms with Crippen molar-refractivity contribution >= 4 is 63.0 Å². The Morgan fingerprint density at radius 1 is 0.881 bits per heavy atom. The third-order valence-corrected chi connectivity index (χ3v) is 9.31. The van der Waals surface area contributed by atoms with Crippen molar-refractivity contribution in [1.82, 2.24) is 25.1 Å². The number of rotatable bonds is 9. The molecule has 2 aliphatic rings. The third-order valence-electron chi connectivity index (χ3n) is 7.67. The molecule has 8 nitrogen and oxygen atoms in total. The number of benzene rings is 3. The van der Waals surface area contributed by atoms with Gasteiger partial charge in [-0.3, -0.25) is 9.59 Å². The highest BCUT2D eigenvalue weighted by molar-refractivity contribution is 14.1. The predicted octanol–water partition coefficient (Wildman–Crippen LogP) is 5.03. The van der Waals surface area contributed by atoms with Crippen LogP contribution in [0.2, 0.25) is 0 Å². The average Bonchev–Trinajstić information content (AvgIpc) is 3.02. The van der Waals surface area contributed by atoms with Crippen molar-refractivity contribution in [2.24, 2.45) is 0 Å². The van der Waals surface area contributed by atoms with Gasteiger partial charge in [-0.1, -0.05) is 124 Å². The Hall–Kier alpha value is -2.78. The van der Waals surface area contributed by atoms with Gasteiger partial charge < -0.3 is 15.1 Å². The Kier molecular flexibility index (Phi) is 10.3. The van der Waals surface area contributed by atoms with Crippen LogP contribution < -0.4 is 5.32 Å². The summed E-state index contributed by atoms with van der Waals surface area (Å²) in [6, 6.07) is 23.9. The first-order valence-corrected chi connectivity index (χ1v) is 16.8. The molecule has 220 valence electrons. The maximum Gasteiger partial charge on any atom is 0.334 e. The van der Waals surface area contributed by atoms with Crippen LogP contribution in [-0.2, 0) is 38.0 Å². The fourth-order valence-electron chi connectivity index (χ4n) is 5.59. The summed E-state index contributed by atoms with van der Waals surface area (Å²) in [5, 5.41) is 5.30. The zero-order valence-corrected chi connectivity index (χ0v) is 27.3. The molecule has 11 heteroatoms. The number of halogens is 3. The van der Waals surface area contributed by atoms with E-state index < -0.39 is 25.0 Å². The lowest BCUT2D eigenvalue weighted by Gasteiger charge is -2.54. The van der Waals surface area contributed by atoms with E-state index in [1.165, 1.54) is 21.0 Å². The molecular weight excluding hydrogens is 763 g/mol. The smallest absolute Gasteiger partial charge is 0.333 e. The number of hydrogen-bond donors (Lipinski definition) is 1. The molecule has 2 heterocycles. The molecule has 3 aromatic carbocycles. The number of nitrogens with one attached hydrogen (secondary N) is 1. The first-order chi connectivity index (χ1) is 20.4. The molecule has 0 radical (unpaired) electrons. The van der Waals surface area contributed by atoms with Gasteiger partial charge in [0.2, 0.25) is 11.8 Å². The minimum Gasteiger partial charge on any atom is -0.333 e. The standard InChI is InChI=1S/C31H32FI2N5O3/c32-21-37-20-29(40)38-27(14-22-7-3-1-4-8-22)30(41)36(18-24-11-12-25(15-33)26(13-24)16-34)19-28(38)39(37)31(42)35-17-23-9-5-2-6-10-23/h1-13,27-28H,14-21H2,(H,35,42)/t27-,28-/m0/s1. The van der Waals surface area contributed by atoms with Gasteiger partial charge in [0, 0.05) is 28.4 Å². The Morgan fingerprint density at radius 2 is 1.55 bits per heavy atom. The first-order valence-electron chi connectivity index (χ1n) is 13.7. The first kappa shape index (κ1) is 30.7. The fourth-order valence-corrected chi connectivity index (χ4v) is 7.04. The Morgan fingerprint density at radius 3 is 2.19 bits per heavy atom. The number of alkyl halides is 3. The van der Waals surface area contributed by atoms with Crippen LogP contribution in [0.3, 0.4) is 0 Å². The summed E-state index contributed by atoms with van der Waals surface area (Å²) in [6.07, 6.45) is -0.567. The van der Waals surface area contributed by atoms with Crippen LogP contribution in [0.1, 0.15) is 27.8 Å². The van der Waals surface area contributed by atoms with E-state index in [-0.39, 0.29) is 31.4 Å². The minimum absolute atomic E-state index is 0.0682. The van der Waals surface area contributed by atoms with E-state index >= 15 is 0 Å². The molecule has 0 aliphatic carbocycles. The number of fused-ring (bicyclic) bond motifs is 1. The van der Waals surface area contributed by atoms with E-state index in [9.17, 15) is 18.8 Å². The summed E-state index contributed by atoms with van der Waals surface area (Å²) in [5.41, 5.74) is 5.24. The van der Waals surface area contributed by atoms with Crippen LogP contribution in [0.25, 0.3) is 0 Å². The summed E-state index contributed by atoms with van der Waals surface area (Å²) in [4.78, 5) is 44.4. The lowest BCUT2D eigenvalue weighted by atomic mass is 9.98. The molecular formula is C31H32FI2N5O3. The predicted molar refractivity (Wildman–Crippen MR) is 175 cm³/mol. The van der Waals surface area contributed by atoms with Crippen LogP contribution >= 0.6 is 45.2 Å². The summed E-state index contributed by atoms with van der Waals surface area (Å²) in [7, 11) is 0. The zero-order valence-electron chi connectivity index (χ0n) is 23.0. The number of urea groups is 1. The van der Waals surface area contributed by atoms with E-state index in [1.807, 2.05) is 66.7 Å². The van der Waals surface area contributed by atoms with E-state index in [1.54, 1.807) is 4.90 Å². The number of amides is 4. The molecule has 5 rings (SSSR count). The van der Waals surface area contributed by atoms with Gasteiger partial charge in [0.25, 0.3) is 0 Å². The minimum atomic E-state index is -1.01. The molecule has 2 saturated heterocycles. The van der Waals surface area contributed by atoms with E-state index in [0.717, 1.165) is 30.6 Å². The number of hydrogen-bond acceptors (Lipinski definition) is 4. The second-order valence-corrected chi connectivity index (χ2v) is 11.9.